The number of nitrogens with one attached hydrogen (secondary N) is 1. The van der Waals surface area contributed by atoms with E-state index in [1.165, 1.54) is 12.7 Å². The minimum absolute atomic E-state index is 0.0188. The second-order valence-electron chi connectivity index (χ2n) is 6.85. The summed E-state index contributed by atoms with van der Waals surface area (Å²) in [5, 5.41) is 6.77. The molecule has 1 atom stereocenters. The monoisotopic (exact) mass is 394 g/mol. The van der Waals surface area contributed by atoms with Crippen molar-refractivity contribution in [1.29, 1.82) is 0 Å². The number of nitrogens with zero attached hydrogens (tertiary/aromatic N) is 5. The summed E-state index contributed by atoms with van der Waals surface area (Å²) in [5.74, 6) is 1.28. The molecule has 1 aliphatic rings. The van der Waals surface area contributed by atoms with Gasteiger partial charge in [0.1, 0.15) is 12.4 Å². The quantitative estimate of drug-likeness (QED) is 0.651. The zero-order valence-electron chi connectivity index (χ0n) is 16.1. The molecule has 3 aromatic rings. The van der Waals surface area contributed by atoms with Gasteiger partial charge in [0.25, 0.3) is 5.91 Å². The van der Waals surface area contributed by atoms with Crippen molar-refractivity contribution < 1.29 is 14.1 Å². The molecule has 0 aromatic carbocycles. The molecule has 29 heavy (non-hydrogen) atoms. The fourth-order valence-electron chi connectivity index (χ4n) is 3.42. The summed E-state index contributed by atoms with van der Waals surface area (Å²) in [6.45, 7) is 1.79. The fraction of sp³-hybridized carbons (Fsp3) is 0.350. The molecule has 1 aliphatic heterocycles. The van der Waals surface area contributed by atoms with Gasteiger partial charge in [0.05, 0.1) is 6.04 Å². The summed E-state index contributed by atoms with van der Waals surface area (Å²) in [7, 11) is 1.46. The summed E-state index contributed by atoms with van der Waals surface area (Å²) >= 11 is 0. The topological polar surface area (TPSA) is 106 Å². The summed E-state index contributed by atoms with van der Waals surface area (Å²) in [6, 6.07) is 7.64. The first-order chi connectivity index (χ1) is 14.2. The van der Waals surface area contributed by atoms with Gasteiger partial charge in [-0.05, 0) is 49.2 Å². The summed E-state index contributed by atoms with van der Waals surface area (Å²) in [4.78, 5) is 26.8. The van der Waals surface area contributed by atoms with Crippen molar-refractivity contribution in [2.24, 2.45) is 0 Å². The van der Waals surface area contributed by atoms with Crippen LogP contribution < -0.4 is 5.32 Å². The van der Waals surface area contributed by atoms with Crippen LogP contribution in [0.3, 0.4) is 0 Å². The molecule has 0 bridgehead atoms. The molecule has 1 saturated heterocycles. The average Bonchev–Trinajstić information content (AvgIpc) is 3.39. The van der Waals surface area contributed by atoms with Crippen molar-refractivity contribution in [3.05, 3.63) is 54.3 Å². The van der Waals surface area contributed by atoms with Gasteiger partial charge in [-0.3, -0.25) is 14.7 Å². The average molecular weight is 394 g/mol. The van der Waals surface area contributed by atoms with E-state index in [-0.39, 0.29) is 18.6 Å². The van der Waals surface area contributed by atoms with Crippen molar-refractivity contribution in [2.45, 2.75) is 25.4 Å². The van der Waals surface area contributed by atoms with Gasteiger partial charge in [-0.2, -0.15) is 4.98 Å². The zero-order valence-corrected chi connectivity index (χ0v) is 16.1. The number of rotatable bonds is 7. The maximum Gasteiger partial charge on any atom is 0.251 e. The van der Waals surface area contributed by atoms with E-state index >= 15 is 0 Å². The number of amides is 1. The molecule has 4 rings (SSSR count). The van der Waals surface area contributed by atoms with E-state index in [0.29, 0.717) is 17.5 Å². The molecule has 0 unspecified atom stereocenters. The Kier molecular flexibility index (Phi) is 5.87. The zero-order chi connectivity index (χ0) is 20.1. The van der Waals surface area contributed by atoms with Crippen LogP contribution in [0.5, 0.6) is 0 Å². The van der Waals surface area contributed by atoms with Crippen molar-refractivity contribution in [1.82, 2.24) is 25.0 Å². The maximum absolute atomic E-state index is 11.6. The van der Waals surface area contributed by atoms with Crippen LogP contribution in [0.2, 0.25) is 0 Å². The summed E-state index contributed by atoms with van der Waals surface area (Å²) < 4.78 is 10.4. The number of ether oxygens (including phenoxy) is 1. The molecule has 3 aromatic heterocycles. The van der Waals surface area contributed by atoms with Crippen molar-refractivity contribution >= 4 is 11.7 Å². The molecule has 0 saturated carbocycles. The molecule has 0 aliphatic carbocycles. The van der Waals surface area contributed by atoms with Crippen molar-refractivity contribution in [3.63, 3.8) is 0 Å². The van der Waals surface area contributed by atoms with E-state index in [4.69, 9.17) is 9.26 Å². The molecule has 0 spiro atoms. The van der Waals surface area contributed by atoms with Crippen LogP contribution in [-0.4, -0.2) is 51.2 Å². The molecule has 1 fully saturated rings. The highest BCUT2D eigenvalue weighted by molar-refractivity contribution is 5.90. The SMILES string of the molecule is COCC(=O)Nc1ccc(-c2noc([C@@H]3CCCN3Cc3ccncc3)n2)cn1. The molecular weight excluding hydrogens is 372 g/mol. The van der Waals surface area contributed by atoms with Crippen LogP contribution in [0.4, 0.5) is 5.82 Å². The van der Waals surface area contributed by atoms with Crippen LogP contribution in [0, 0.1) is 0 Å². The predicted octanol–water partition coefficient (Wildman–Crippen LogP) is 2.45. The Morgan fingerprint density at radius 2 is 2.17 bits per heavy atom. The minimum atomic E-state index is -0.259. The van der Waals surface area contributed by atoms with Gasteiger partial charge < -0.3 is 14.6 Å². The number of aromatic nitrogens is 4. The lowest BCUT2D eigenvalue weighted by Gasteiger charge is -2.21. The summed E-state index contributed by atoms with van der Waals surface area (Å²) in [6.07, 6.45) is 7.29. The van der Waals surface area contributed by atoms with E-state index < -0.39 is 0 Å². The van der Waals surface area contributed by atoms with Gasteiger partial charge in [0.2, 0.25) is 11.7 Å². The first-order valence-electron chi connectivity index (χ1n) is 9.44. The van der Waals surface area contributed by atoms with Gasteiger partial charge >= 0.3 is 0 Å². The van der Waals surface area contributed by atoms with E-state index in [2.05, 4.69) is 30.3 Å². The van der Waals surface area contributed by atoms with Gasteiger partial charge in [0, 0.05) is 37.8 Å². The highest BCUT2D eigenvalue weighted by Crippen LogP contribution is 2.33. The third-order valence-corrected chi connectivity index (χ3v) is 4.79. The number of likely N-dealkylation sites (tertiary alicyclic amines) is 1. The molecule has 9 heteroatoms. The minimum Gasteiger partial charge on any atom is -0.375 e. The first-order valence-corrected chi connectivity index (χ1v) is 9.44. The molecular formula is C20H22N6O3. The number of methoxy groups -OCH3 is 1. The normalized spacial score (nSPS) is 16.8. The van der Waals surface area contributed by atoms with Gasteiger partial charge in [-0.25, -0.2) is 4.98 Å². The van der Waals surface area contributed by atoms with Gasteiger partial charge in [-0.1, -0.05) is 5.16 Å². The van der Waals surface area contributed by atoms with Crippen molar-refractivity contribution in [3.8, 4) is 11.4 Å². The van der Waals surface area contributed by atoms with Gasteiger partial charge in [-0.15, -0.1) is 0 Å². The number of hydrogen-bond donors (Lipinski definition) is 1. The largest absolute Gasteiger partial charge is 0.375 e. The Hall–Kier alpha value is -3.17. The van der Waals surface area contributed by atoms with Crippen molar-refractivity contribution in [2.75, 3.05) is 25.6 Å². The molecule has 150 valence electrons. The van der Waals surface area contributed by atoms with Crippen LogP contribution in [-0.2, 0) is 16.1 Å². The number of anilines is 1. The lowest BCUT2D eigenvalue weighted by atomic mass is 10.2. The van der Waals surface area contributed by atoms with Crippen LogP contribution >= 0.6 is 0 Å². The first kappa shape index (κ1) is 19.2. The number of carbonyl (C=O) groups excluding carboxylic acids is 1. The Labute approximate surface area is 168 Å². The Morgan fingerprint density at radius 1 is 1.31 bits per heavy atom. The standard InChI is InChI=1S/C20H22N6O3/c1-28-13-18(27)23-17-5-4-15(11-22-17)19-24-20(29-25-19)16-3-2-10-26(16)12-14-6-8-21-9-7-14/h4-9,11,16H,2-3,10,12-13H2,1H3,(H,22,23,27)/t16-/m0/s1. The second kappa shape index (κ2) is 8.89. The molecule has 0 radical (unpaired) electrons. The van der Waals surface area contributed by atoms with Crippen LogP contribution in [0.1, 0.15) is 30.3 Å². The maximum atomic E-state index is 11.6. The Bertz CT molecular complexity index is 944. The number of pyridine rings is 2. The Morgan fingerprint density at radius 3 is 2.93 bits per heavy atom. The summed E-state index contributed by atoms with van der Waals surface area (Å²) in [5.41, 5.74) is 1.94. The highest BCUT2D eigenvalue weighted by atomic mass is 16.5. The van der Waals surface area contributed by atoms with E-state index in [1.807, 2.05) is 12.1 Å². The van der Waals surface area contributed by atoms with E-state index in [9.17, 15) is 4.79 Å². The third-order valence-electron chi connectivity index (χ3n) is 4.79. The molecule has 1 amide bonds. The number of carbonyl (C=O) groups is 1. The van der Waals surface area contributed by atoms with E-state index in [0.717, 1.165) is 31.5 Å². The highest BCUT2D eigenvalue weighted by Gasteiger charge is 2.30. The molecule has 1 N–H and O–H groups in total. The molecule has 4 heterocycles. The van der Waals surface area contributed by atoms with Crippen LogP contribution in [0.25, 0.3) is 11.4 Å². The van der Waals surface area contributed by atoms with E-state index in [1.54, 1.807) is 30.7 Å². The van der Waals surface area contributed by atoms with Crippen LogP contribution in [0.15, 0.2) is 47.4 Å². The third kappa shape index (κ3) is 4.64. The lowest BCUT2D eigenvalue weighted by molar-refractivity contribution is -0.119. The number of hydrogen-bond acceptors (Lipinski definition) is 8. The predicted molar refractivity (Wildman–Crippen MR) is 105 cm³/mol. The lowest BCUT2D eigenvalue weighted by Crippen LogP contribution is -2.23. The molecule has 9 nitrogen and oxygen atoms in total. The Balaban J connectivity index is 1.44. The fourth-order valence-corrected chi connectivity index (χ4v) is 3.42. The smallest absolute Gasteiger partial charge is 0.251 e. The van der Waals surface area contributed by atoms with Gasteiger partial charge in [0.15, 0.2) is 0 Å². The second-order valence-corrected chi connectivity index (χ2v) is 6.85.